The van der Waals surface area contributed by atoms with Gasteiger partial charge in [0.1, 0.15) is 34.7 Å². The number of rotatable bonds is 4. The van der Waals surface area contributed by atoms with Gasteiger partial charge in [-0.3, -0.25) is 0 Å². The minimum Gasteiger partial charge on any atom is -0.496 e. The molecule has 2 aromatic carbocycles. The zero-order valence-electron chi connectivity index (χ0n) is 18.2. The number of anilines is 1. The highest BCUT2D eigenvalue weighted by Gasteiger charge is 2.41. The summed E-state index contributed by atoms with van der Waals surface area (Å²) in [6.45, 7) is 1.75. The van der Waals surface area contributed by atoms with Crippen LogP contribution in [0, 0.1) is 17.1 Å². The van der Waals surface area contributed by atoms with E-state index in [9.17, 15) is 10.4 Å². The molecule has 0 bridgehead atoms. The van der Waals surface area contributed by atoms with Gasteiger partial charge >= 0.3 is 0 Å². The van der Waals surface area contributed by atoms with Crippen LogP contribution < -0.4 is 10.5 Å². The van der Waals surface area contributed by atoms with Crippen molar-refractivity contribution in [2.75, 3.05) is 12.8 Å². The Morgan fingerprint density at radius 1 is 1.21 bits per heavy atom. The Morgan fingerprint density at radius 2 is 1.94 bits per heavy atom. The molecule has 7 nitrogen and oxygen atoms in total. The van der Waals surface area contributed by atoms with Crippen LogP contribution in [-0.4, -0.2) is 32.6 Å². The average molecular weight is 443 g/mol. The minimum atomic E-state index is -0.778. The quantitative estimate of drug-likeness (QED) is 0.482. The second-order valence-electron chi connectivity index (χ2n) is 8.65. The Hall–Kier alpha value is -3.96. The van der Waals surface area contributed by atoms with Crippen LogP contribution in [0.2, 0.25) is 0 Å². The van der Waals surface area contributed by atoms with Crippen molar-refractivity contribution in [3.05, 3.63) is 59.9 Å². The van der Waals surface area contributed by atoms with Gasteiger partial charge in [0.2, 0.25) is 0 Å². The van der Waals surface area contributed by atoms with Gasteiger partial charge in [-0.2, -0.15) is 10.4 Å². The zero-order valence-corrected chi connectivity index (χ0v) is 18.2. The number of aliphatic hydroxyl groups is 1. The van der Waals surface area contributed by atoms with Crippen LogP contribution in [0.1, 0.15) is 31.4 Å². The number of benzene rings is 2. The first-order valence-corrected chi connectivity index (χ1v) is 10.6. The Labute approximate surface area is 189 Å². The number of methoxy groups -OCH3 is 1. The van der Waals surface area contributed by atoms with Crippen LogP contribution in [0.4, 0.5) is 10.2 Å². The lowest BCUT2D eigenvalue weighted by Crippen LogP contribution is -2.42. The standard InChI is InChI=1S/C25H22FN5O2/c1-25(32)11-16(12-25)31-24(28)17(13-27)23(30-31)15-8-18(26)22-20(9-15)29-19(10-21(22)33-2)14-6-4-3-5-7-14/h3-10,16,32H,11-12,28H2,1-2H3/t16-,25+. The summed E-state index contributed by atoms with van der Waals surface area (Å²) in [5, 5.41) is 24.6. The maximum absolute atomic E-state index is 15.3. The molecule has 0 aliphatic heterocycles. The predicted molar refractivity (Wildman–Crippen MR) is 123 cm³/mol. The van der Waals surface area contributed by atoms with Gasteiger partial charge in [0.05, 0.1) is 35.3 Å². The monoisotopic (exact) mass is 443 g/mol. The molecule has 2 aromatic heterocycles. The molecule has 8 heteroatoms. The van der Waals surface area contributed by atoms with Gasteiger partial charge in [0, 0.05) is 17.2 Å². The summed E-state index contributed by atoms with van der Waals surface area (Å²) in [6, 6.07) is 16.2. The van der Waals surface area contributed by atoms with Gasteiger partial charge in [-0.05, 0) is 31.9 Å². The number of aromatic nitrogens is 3. The number of ether oxygens (including phenoxy) is 1. The van der Waals surface area contributed by atoms with Crippen LogP contribution in [0.25, 0.3) is 33.4 Å². The molecule has 0 amide bonds. The Kier molecular flexibility index (Phi) is 4.80. The average Bonchev–Trinajstić information content (AvgIpc) is 3.12. The van der Waals surface area contributed by atoms with Crippen LogP contribution in [-0.2, 0) is 0 Å². The van der Waals surface area contributed by atoms with Crippen molar-refractivity contribution in [1.29, 1.82) is 5.26 Å². The summed E-state index contributed by atoms with van der Waals surface area (Å²) in [6.07, 6.45) is 0.961. The van der Waals surface area contributed by atoms with Crippen LogP contribution in [0.15, 0.2) is 48.5 Å². The largest absolute Gasteiger partial charge is 0.496 e. The Morgan fingerprint density at radius 3 is 2.58 bits per heavy atom. The van der Waals surface area contributed by atoms with E-state index >= 15 is 4.39 Å². The summed E-state index contributed by atoms with van der Waals surface area (Å²) in [4.78, 5) is 4.67. The van der Waals surface area contributed by atoms with Gasteiger partial charge in [-0.25, -0.2) is 14.1 Å². The third kappa shape index (κ3) is 3.47. The maximum Gasteiger partial charge on any atom is 0.140 e. The molecule has 0 radical (unpaired) electrons. The first-order valence-electron chi connectivity index (χ1n) is 10.6. The molecule has 0 atom stereocenters. The topological polar surface area (TPSA) is 110 Å². The smallest absolute Gasteiger partial charge is 0.140 e. The fourth-order valence-corrected chi connectivity index (χ4v) is 4.50. The van der Waals surface area contributed by atoms with Crippen molar-refractivity contribution < 1.29 is 14.2 Å². The first kappa shape index (κ1) is 20.9. The van der Waals surface area contributed by atoms with Gasteiger partial charge in [-0.1, -0.05) is 30.3 Å². The number of hydrogen-bond donors (Lipinski definition) is 2. The number of nitrogen functional groups attached to an aromatic ring is 1. The Balaban J connectivity index is 1.68. The van der Waals surface area contributed by atoms with Crippen molar-refractivity contribution >= 4 is 16.7 Å². The number of nitrogens with zero attached hydrogens (tertiary/aromatic N) is 4. The van der Waals surface area contributed by atoms with E-state index in [1.54, 1.807) is 23.7 Å². The minimum absolute atomic E-state index is 0.117. The van der Waals surface area contributed by atoms with Crippen LogP contribution >= 0.6 is 0 Å². The molecule has 0 unspecified atom stereocenters. The van der Waals surface area contributed by atoms with Gasteiger partial charge in [0.15, 0.2) is 0 Å². The van der Waals surface area contributed by atoms with E-state index in [2.05, 4.69) is 16.2 Å². The molecule has 33 heavy (non-hydrogen) atoms. The lowest BCUT2D eigenvalue weighted by atomic mass is 9.77. The molecule has 0 saturated heterocycles. The highest BCUT2D eigenvalue weighted by molar-refractivity contribution is 5.92. The summed E-state index contributed by atoms with van der Waals surface area (Å²) in [5.41, 5.74) is 8.18. The molecular weight excluding hydrogens is 421 g/mol. The van der Waals surface area contributed by atoms with Gasteiger partial charge in [0.25, 0.3) is 0 Å². The number of nitriles is 1. The Bertz CT molecular complexity index is 1410. The second-order valence-corrected chi connectivity index (χ2v) is 8.65. The first-order chi connectivity index (χ1) is 15.8. The van der Waals surface area contributed by atoms with Crippen molar-refractivity contribution in [2.45, 2.75) is 31.4 Å². The molecule has 1 aliphatic rings. The van der Waals surface area contributed by atoms with E-state index in [4.69, 9.17) is 10.5 Å². The molecular formula is C25H22FN5O2. The van der Waals surface area contributed by atoms with Crippen molar-refractivity contribution in [2.24, 2.45) is 0 Å². The number of pyridine rings is 1. The highest BCUT2D eigenvalue weighted by atomic mass is 19.1. The maximum atomic E-state index is 15.3. The fourth-order valence-electron chi connectivity index (χ4n) is 4.50. The lowest BCUT2D eigenvalue weighted by molar-refractivity contribution is -0.0535. The van der Waals surface area contributed by atoms with Crippen molar-refractivity contribution in [1.82, 2.24) is 14.8 Å². The van der Waals surface area contributed by atoms with Crippen LogP contribution in [0.5, 0.6) is 5.75 Å². The van der Waals surface area contributed by atoms with Crippen LogP contribution in [0.3, 0.4) is 0 Å². The van der Waals surface area contributed by atoms with Crippen molar-refractivity contribution in [3.63, 3.8) is 0 Å². The fraction of sp³-hybridized carbons (Fsp3) is 0.240. The second kappa shape index (κ2) is 7.57. The van der Waals surface area contributed by atoms with E-state index in [1.165, 1.54) is 13.2 Å². The summed E-state index contributed by atoms with van der Waals surface area (Å²) in [7, 11) is 1.49. The lowest BCUT2D eigenvalue weighted by Gasteiger charge is -2.41. The number of halogens is 1. The third-order valence-electron chi connectivity index (χ3n) is 6.14. The number of hydrogen-bond acceptors (Lipinski definition) is 6. The molecule has 166 valence electrons. The van der Waals surface area contributed by atoms with E-state index in [-0.39, 0.29) is 28.5 Å². The predicted octanol–water partition coefficient (Wildman–Crippen LogP) is 4.45. The van der Waals surface area contributed by atoms with Crippen molar-refractivity contribution in [3.8, 4) is 34.3 Å². The molecule has 1 fully saturated rings. The molecule has 1 aliphatic carbocycles. The zero-order chi connectivity index (χ0) is 23.3. The SMILES string of the molecule is COc1cc(-c2ccccc2)nc2cc(-c3nn([C@H]4C[C@@](C)(O)C4)c(N)c3C#N)cc(F)c12. The summed E-state index contributed by atoms with van der Waals surface area (Å²) in [5.74, 6) is 0.0392. The van der Waals surface area contributed by atoms with E-state index in [1.807, 2.05) is 30.3 Å². The molecule has 1 saturated carbocycles. The molecule has 5 rings (SSSR count). The summed E-state index contributed by atoms with van der Waals surface area (Å²) < 4.78 is 22.3. The molecule has 0 spiro atoms. The third-order valence-corrected chi connectivity index (χ3v) is 6.14. The van der Waals surface area contributed by atoms with E-state index in [0.29, 0.717) is 35.4 Å². The van der Waals surface area contributed by atoms with E-state index < -0.39 is 11.4 Å². The molecule has 4 aromatic rings. The normalized spacial score (nSPS) is 19.8. The van der Waals surface area contributed by atoms with Gasteiger partial charge < -0.3 is 15.6 Å². The molecule has 3 N–H and O–H groups in total. The summed E-state index contributed by atoms with van der Waals surface area (Å²) >= 11 is 0. The highest BCUT2D eigenvalue weighted by Crippen LogP contribution is 2.43. The van der Waals surface area contributed by atoms with E-state index in [0.717, 1.165) is 5.56 Å². The number of fused-ring (bicyclic) bond motifs is 1. The molecule has 2 heterocycles. The number of nitrogens with two attached hydrogens (primary N) is 1. The van der Waals surface area contributed by atoms with Gasteiger partial charge in [-0.15, -0.1) is 0 Å².